The van der Waals surface area contributed by atoms with Crippen molar-refractivity contribution in [3.05, 3.63) is 84.2 Å². The molecule has 4 rings (SSSR count). The van der Waals surface area contributed by atoms with Gasteiger partial charge in [-0.3, -0.25) is 9.36 Å². The zero-order valence-corrected chi connectivity index (χ0v) is 18.4. The lowest BCUT2D eigenvalue weighted by Crippen LogP contribution is -2.22. The zero-order chi connectivity index (χ0) is 23.4. The number of nitrogens with one attached hydrogen (secondary N) is 1. The van der Waals surface area contributed by atoms with E-state index < -0.39 is 5.51 Å². The van der Waals surface area contributed by atoms with Crippen molar-refractivity contribution >= 4 is 28.7 Å². The largest absolute Gasteiger partial charge is 0.489 e. The van der Waals surface area contributed by atoms with Gasteiger partial charge in [-0.1, -0.05) is 12.1 Å². The van der Waals surface area contributed by atoms with Crippen LogP contribution in [0.15, 0.2) is 78.0 Å². The van der Waals surface area contributed by atoms with Gasteiger partial charge in [0, 0.05) is 22.7 Å². The maximum Gasteiger partial charge on any atom is 0.446 e. The molecule has 0 radical (unpaired) electrons. The molecule has 0 bridgehead atoms. The van der Waals surface area contributed by atoms with E-state index in [0.29, 0.717) is 23.4 Å². The number of thioether (sulfide) groups is 1. The number of alkyl halides is 3. The van der Waals surface area contributed by atoms with Crippen LogP contribution in [0, 0.1) is 0 Å². The summed E-state index contributed by atoms with van der Waals surface area (Å²) in [5.74, 6) is 0.500. The lowest BCUT2D eigenvalue weighted by atomic mass is 10.2. The van der Waals surface area contributed by atoms with Crippen LogP contribution < -0.4 is 10.1 Å². The Morgan fingerprint density at radius 1 is 1.06 bits per heavy atom. The monoisotopic (exact) mass is 471 g/mol. The molecule has 0 saturated heterocycles. The maximum absolute atomic E-state index is 12.4. The SMILES string of the molecule is CCNC(=O)c1ccc2c(c1)ncn2-c1ccc(OCc2ccc(SC(F)(F)F)cc2)cc1. The van der Waals surface area contributed by atoms with E-state index in [9.17, 15) is 18.0 Å². The van der Waals surface area contributed by atoms with Crippen LogP contribution in [0.3, 0.4) is 0 Å². The van der Waals surface area contributed by atoms with E-state index in [4.69, 9.17) is 4.74 Å². The molecule has 1 aromatic heterocycles. The Hall–Kier alpha value is -3.46. The molecule has 0 aliphatic heterocycles. The minimum atomic E-state index is -4.30. The third kappa shape index (κ3) is 5.67. The molecule has 4 aromatic rings. The van der Waals surface area contributed by atoms with E-state index in [1.165, 1.54) is 12.1 Å². The predicted octanol–water partition coefficient (Wildman–Crippen LogP) is 5.97. The topological polar surface area (TPSA) is 56.2 Å². The molecule has 0 aliphatic rings. The van der Waals surface area contributed by atoms with Crippen molar-refractivity contribution in [2.24, 2.45) is 0 Å². The molecule has 170 valence electrons. The fourth-order valence-corrected chi connectivity index (χ4v) is 3.82. The maximum atomic E-state index is 12.4. The summed E-state index contributed by atoms with van der Waals surface area (Å²) in [7, 11) is 0. The number of rotatable bonds is 7. The Morgan fingerprint density at radius 3 is 2.45 bits per heavy atom. The molecule has 0 fully saturated rings. The average molecular weight is 472 g/mol. The van der Waals surface area contributed by atoms with Crippen molar-refractivity contribution in [3.63, 3.8) is 0 Å². The molecule has 1 N–H and O–H groups in total. The van der Waals surface area contributed by atoms with Crippen molar-refractivity contribution in [2.45, 2.75) is 23.9 Å². The van der Waals surface area contributed by atoms with Crippen LogP contribution in [-0.4, -0.2) is 27.5 Å². The number of nitrogens with zero attached hydrogens (tertiary/aromatic N) is 2. The van der Waals surface area contributed by atoms with E-state index in [2.05, 4.69) is 10.3 Å². The molecule has 0 atom stereocenters. The van der Waals surface area contributed by atoms with Crippen molar-refractivity contribution in [1.82, 2.24) is 14.9 Å². The second-order valence-corrected chi connectivity index (χ2v) is 8.29. The van der Waals surface area contributed by atoms with Crippen LogP contribution in [0.1, 0.15) is 22.8 Å². The van der Waals surface area contributed by atoms with Gasteiger partial charge in [0.15, 0.2) is 0 Å². The molecule has 5 nitrogen and oxygen atoms in total. The van der Waals surface area contributed by atoms with E-state index in [1.54, 1.807) is 30.6 Å². The van der Waals surface area contributed by atoms with Crippen molar-refractivity contribution in [2.75, 3.05) is 6.54 Å². The summed E-state index contributed by atoms with van der Waals surface area (Å²) in [6.07, 6.45) is 1.70. The summed E-state index contributed by atoms with van der Waals surface area (Å²) in [6.45, 7) is 2.67. The van der Waals surface area contributed by atoms with Gasteiger partial charge in [-0.2, -0.15) is 13.2 Å². The molecule has 3 aromatic carbocycles. The van der Waals surface area contributed by atoms with Crippen LogP contribution in [0.25, 0.3) is 16.7 Å². The van der Waals surface area contributed by atoms with Gasteiger partial charge in [-0.15, -0.1) is 0 Å². The summed E-state index contributed by atoms with van der Waals surface area (Å²) in [6, 6.07) is 18.9. The highest BCUT2D eigenvalue weighted by atomic mass is 32.2. The van der Waals surface area contributed by atoms with Crippen LogP contribution in [0.5, 0.6) is 5.75 Å². The third-order valence-electron chi connectivity index (χ3n) is 4.82. The Bertz CT molecular complexity index is 1250. The van der Waals surface area contributed by atoms with Crippen LogP contribution in [0.2, 0.25) is 0 Å². The van der Waals surface area contributed by atoms with Gasteiger partial charge in [0.1, 0.15) is 18.7 Å². The first-order valence-corrected chi connectivity index (χ1v) is 11.0. The second-order valence-electron chi connectivity index (χ2n) is 7.15. The fourth-order valence-electron chi connectivity index (χ4n) is 3.28. The first-order valence-electron chi connectivity index (χ1n) is 10.2. The third-order valence-corrected chi connectivity index (χ3v) is 5.56. The smallest absolute Gasteiger partial charge is 0.446 e. The van der Waals surface area contributed by atoms with Crippen molar-refractivity contribution in [1.29, 1.82) is 0 Å². The van der Waals surface area contributed by atoms with Gasteiger partial charge in [0.25, 0.3) is 5.91 Å². The molecular weight excluding hydrogens is 451 g/mol. The quantitative estimate of drug-likeness (QED) is 0.338. The lowest BCUT2D eigenvalue weighted by molar-refractivity contribution is -0.0328. The first kappa shape index (κ1) is 22.7. The van der Waals surface area contributed by atoms with Gasteiger partial charge < -0.3 is 10.1 Å². The Morgan fingerprint density at radius 2 is 1.79 bits per heavy atom. The summed E-state index contributed by atoms with van der Waals surface area (Å²) in [5.41, 5.74) is -0.506. The highest BCUT2D eigenvalue weighted by molar-refractivity contribution is 8.00. The lowest BCUT2D eigenvalue weighted by Gasteiger charge is -2.10. The van der Waals surface area contributed by atoms with Gasteiger partial charge in [-0.05, 0) is 78.8 Å². The van der Waals surface area contributed by atoms with E-state index in [0.717, 1.165) is 16.8 Å². The number of hydrogen-bond donors (Lipinski definition) is 1. The Kier molecular flexibility index (Phi) is 6.60. The van der Waals surface area contributed by atoms with E-state index >= 15 is 0 Å². The number of ether oxygens (including phenoxy) is 1. The number of aromatic nitrogens is 2. The number of hydrogen-bond acceptors (Lipinski definition) is 4. The molecule has 9 heteroatoms. The van der Waals surface area contributed by atoms with Crippen molar-refractivity contribution < 1.29 is 22.7 Å². The minimum absolute atomic E-state index is 0.135. The Balaban J connectivity index is 1.42. The number of carbonyl (C=O) groups excluding carboxylic acids is 1. The molecule has 0 saturated carbocycles. The standard InChI is InChI=1S/C24H20F3N3O2S/c1-2-28-23(31)17-5-12-22-21(13-17)29-15-30(22)18-6-8-19(9-7-18)32-14-16-3-10-20(11-4-16)33-24(25,26)27/h3-13,15H,2,14H2,1H3,(H,28,31). The van der Waals surface area contributed by atoms with E-state index in [1.807, 2.05) is 41.8 Å². The normalized spacial score (nSPS) is 11.5. The number of amides is 1. The molecule has 1 amide bonds. The first-order chi connectivity index (χ1) is 15.8. The Labute approximate surface area is 192 Å². The molecule has 0 aliphatic carbocycles. The molecule has 0 unspecified atom stereocenters. The summed E-state index contributed by atoms with van der Waals surface area (Å²) < 4.78 is 45.0. The fraction of sp³-hybridized carbons (Fsp3) is 0.167. The van der Waals surface area contributed by atoms with Crippen LogP contribution >= 0.6 is 11.8 Å². The number of imidazole rings is 1. The highest BCUT2D eigenvalue weighted by Crippen LogP contribution is 2.36. The highest BCUT2D eigenvalue weighted by Gasteiger charge is 2.29. The number of halogens is 3. The van der Waals surface area contributed by atoms with Gasteiger partial charge in [-0.25, -0.2) is 4.98 Å². The number of benzene rings is 3. The molecule has 1 heterocycles. The van der Waals surface area contributed by atoms with Crippen molar-refractivity contribution in [3.8, 4) is 11.4 Å². The summed E-state index contributed by atoms with van der Waals surface area (Å²) in [5, 5.41) is 2.77. The van der Waals surface area contributed by atoms with E-state index in [-0.39, 0.29) is 29.2 Å². The number of carbonyl (C=O) groups is 1. The van der Waals surface area contributed by atoms with Crippen LogP contribution in [-0.2, 0) is 6.61 Å². The summed E-state index contributed by atoms with van der Waals surface area (Å²) >= 11 is -0.139. The second kappa shape index (κ2) is 9.58. The predicted molar refractivity (Wildman–Crippen MR) is 122 cm³/mol. The van der Waals surface area contributed by atoms with Crippen LogP contribution in [0.4, 0.5) is 13.2 Å². The molecular formula is C24H20F3N3O2S. The minimum Gasteiger partial charge on any atom is -0.489 e. The average Bonchev–Trinajstić information content (AvgIpc) is 3.21. The van der Waals surface area contributed by atoms with Gasteiger partial charge >= 0.3 is 5.51 Å². The van der Waals surface area contributed by atoms with Gasteiger partial charge in [0.05, 0.1) is 11.0 Å². The zero-order valence-electron chi connectivity index (χ0n) is 17.6. The molecule has 33 heavy (non-hydrogen) atoms. The van der Waals surface area contributed by atoms with Gasteiger partial charge in [0.2, 0.25) is 0 Å². The summed E-state index contributed by atoms with van der Waals surface area (Å²) in [4.78, 5) is 16.6. The molecule has 0 spiro atoms. The number of fused-ring (bicyclic) bond motifs is 1.